The molecule has 1 aromatic heterocycles. The van der Waals surface area contributed by atoms with Crippen molar-refractivity contribution in [1.29, 1.82) is 0 Å². The Balaban J connectivity index is 2.48. The maximum atomic E-state index is 3.63. The van der Waals surface area contributed by atoms with Crippen LogP contribution >= 0.6 is 11.3 Å². The van der Waals surface area contributed by atoms with Crippen molar-refractivity contribution in [2.75, 3.05) is 6.54 Å². The zero-order valence-corrected chi connectivity index (χ0v) is 10.2. The molecule has 0 saturated carbocycles. The Labute approximate surface area is 91.5 Å². The number of unbranched alkanes of at least 4 members (excludes halogenated alkanes) is 1. The van der Waals surface area contributed by atoms with Crippen LogP contribution in [0.4, 0.5) is 0 Å². The van der Waals surface area contributed by atoms with Crippen molar-refractivity contribution in [1.82, 2.24) is 5.32 Å². The van der Waals surface area contributed by atoms with Gasteiger partial charge in [-0.15, -0.1) is 11.3 Å². The van der Waals surface area contributed by atoms with Crippen molar-refractivity contribution in [3.05, 3.63) is 22.4 Å². The first-order valence-electron chi connectivity index (χ1n) is 5.52. The molecular formula is C12H21NS. The fourth-order valence-corrected chi connectivity index (χ4v) is 2.54. The minimum absolute atomic E-state index is 0.543. The third kappa shape index (κ3) is 3.43. The average molecular weight is 211 g/mol. The molecule has 1 unspecified atom stereocenters. The van der Waals surface area contributed by atoms with Crippen molar-refractivity contribution in [3.8, 4) is 0 Å². The first kappa shape index (κ1) is 11.7. The first-order chi connectivity index (χ1) is 6.75. The fraction of sp³-hybridized carbons (Fsp3) is 0.667. The second-order valence-corrected chi connectivity index (χ2v) is 5.02. The number of hydrogen-bond acceptors (Lipinski definition) is 2. The van der Waals surface area contributed by atoms with Crippen LogP contribution in [0.3, 0.4) is 0 Å². The van der Waals surface area contributed by atoms with E-state index in [4.69, 9.17) is 0 Å². The molecule has 1 rings (SSSR count). The molecule has 0 radical (unpaired) electrons. The van der Waals surface area contributed by atoms with E-state index in [9.17, 15) is 0 Å². The van der Waals surface area contributed by atoms with E-state index < -0.39 is 0 Å². The molecule has 2 heteroatoms. The van der Waals surface area contributed by atoms with E-state index in [2.05, 4.69) is 43.6 Å². The van der Waals surface area contributed by atoms with Gasteiger partial charge in [-0.2, -0.15) is 0 Å². The summed E-state index contributed by atoms with van der Waals surface area (Å²) in [5.74, 6) is 0.672. The second-order valence-electron chi connectivity index (χ2n) is 4.04. The van der Waals surface area contributed by atoms with E-state index >= 15 is 0 Å². The van der Waals surface area contributed by atoms with Gasteiger partial charge in [0, 0.05) is 10.9 Å². The standard InChI is InChI=1S/C12H21NS/c1-4-5-8-13-12(10(2)3)11-7-6-9-14-11/h6-7,9-10,12-13H,4-5,8H2,1-3H3. The molecule has 1 N–H and O–H groups in total. The van der Waals surface area contributed by atoms with Crippen LogP contribution in [0.5, 0.6) is 0 Å². The average Bonchev–Trinajstić information content (AvgIpc) is 2.64. The van der Waals surface area contributed by atoms with Crippen LogP contribution in [0.1, 0.15) is 44.5 Å². The molecular weight excluding hydrogens is 190 g/mol. The topological polar surface area (TPSA) is 12.0 Å². The zero-order chi connectivity index (χ0) is 10.4. The van der Waals surface area contributed by atoms with Crippen LogP contribution in [0.2, 0.25) is 0 Å². The summed E-state index contributed by atoms with van der Waals surface area (Å²) in [6, 6.07) is 4.91. The van der Waals surface area contributed by atoms with Gasteiger partial charge in [-0.25, -0.2) is 0 Å². The molecule has 0 spiro atoms. The SMILES string of the molecule is CCCCNC(c1cccs1)C(C)C. The fourth-order valence-electron chi connectivity index (χ4n) is 1.57. The van der Waals surface area contributed by atoms with E-state index in [0.717, 1.165) is 6.54 Å². The lowest BCUT2D eigenvalue weighted by Crippen LogP contribution is -2.25. The van der Waals surface area contributed by atoms with Crippen molar-refractivity contribution in [2.45, 2.75) is 39.7 Å². The van der Waals surface area contributed by atoms with Gasteiger partial charge in [0.1, 0.15) is 0 Å². The Morgan fingerprint density at radius 1 is 1.43 bits per heavy atom. The highest BCUT2D eigenvalue weighted by Crippen LogP contribution is 2.25. The molecule has 0 fully saturated rings. The lowest BCUT2D eigenvalue weighted by Gasteiger charge is -2.21. The summed E-state index contributed by atoms with van der Waals surface area (Å²) in [6.45, 7) is 7.93. The summed E-state index contributed by atoms with van der Waals surface area (Å²) in [5.41, 5.74) is 0. The maximum absolute atomic E-state index is 3.63. The van der Waals surface area contributed by atoms with Gasteiger partial charge in [0.15, 0.2) is 0 Å². The van der Waals surface area contributed by atoms with E-state index in [0.29, 0.717) is 12.0 Å². The monoisotopic (exact) mass is 211 g/mol. The molecule has 0 aliphatic heterocycles. The van der Waals surface area contributed by atoms with Gasteiger partial charge in [-0.05, 0) is 30.3 Å². The molecule has 0 aromatic carbocycles. The summed E-state index contributed by atoms with van der Waals surface area (Å²) in [7, 11) is 0. The van der Waals surface area contributed by atoms with Crippen LogP contribution in [-0.4, -0.2) is 6.54 Å². The van der Waals surface area contributed by atoms with E-state index in [1.165, 1.54) is 17.7 Å². The van der Waals surface area contributed by atoms with E-state index in [1.54, 1.807) is 0 Å². The smallest absolute Gasteiger partial charge is 0.0438 e. The van der Waals surface area contributed by atoms with Crippen LogP contribution < -0.4 is 5.32 Å². The van der Waals surface area contributed by atoms with Crippen molar-refractivity contribution >= 4 is 11.3 Å². The number of hydrogen-bond donors (Lipinski definition) is 1. The quantitative estimate of drug-likeness (QED) is 0.705. The van der Waals surface area contributed by atoms with Gasteiger partial charge in [0.25, 0.3) is 0 Å². The second kappa shape index (κ2) is 6.20. The molecule has 0 aliphatic carbocycles. The Kier molecular flexibility index (Phi) is 5.20. The number of rotatable bonds is 6. The van der Waals surface area contributed by atoms with Gasteiger partial charge in [0.2, 0.25) is 0 Å². The molecule has 1 aromatic rings. The molecule has 0 aliphatic rings. The Morgan fingerprint density at radius 3 is 2.71 bits per heavy atom. The van der Waals surface area contributed by atoms with Crippen LogP contribution in [0.25, 0.3) is 0 Å². The minimum Gasteiger partial charge on any atom is -0.309 e. The zero-order valence-electron chi connectivity index (χ0n) is 9.42. The van der Waals surface area contributed by atoms with Gasteiger partial charge >= 0.3 is 0 Å². The predicted molar refractivity (Wildman–Crippen MR) is 64.8 cm³/mol. The molecule has 1 atom stereocenters. The van der Waals surface area contributed by atoms with E-state index in [1.807, 2.05) is 11.3 Å². The molecule has 1 heterocycles. The first-order valence-corrected chi connectivity index (χ1v) is 6.40. The normalized spacial score (nSPS) is 13.4. The predicted octanol–water partition coefficient (Wildman–Crippen LogP) is 3.83. The summed E-state index contributed by atoms with van der Waals surface area (Å²) < 4.78 is 0. The number of thiophene rings is 1. The van der Waals surface area contributed by atoms with Crippen molar-refractivity contribution < 1.29 is 0 Å². The van der Waals surface area contributed by atoms with Crippen molar-refractivity contribution in [2.24, 2.45) is 5.92 Å². The third-order valence-electron chi connectivity index (χ3n) is 2.41. The lowest BCUT2D eigenvalue weighted by atomic mass is 10.0. The molecule has 0 bridgehead atoms. The van der Waals surface area contributed by atoms with Crippen LogP contribution in [-0.2, 0) is 0 Å². The molecule has 80 valence electrons. The number of nitrogens with one attached hydrogen (secondary N) is 1. The summed E-state index contributed by atoms with van der Waals surface area (Å²) >= 11 is 1.85. The Hall–Kier alpha value is -0.340. The highest BCUT2D eigenvalue weighted by atomic mass is 32.1. The van der Waals surface area contributed by atoms with E-state index in [-0.39, 0.29) is 0 Å². The Bertz CT molecular complexity index is 228. The van der Waals surface area contributed by atoms with Gasteiger partial charge < -0.3 is 5.32 Å². The maximum Gasteiger partial charge on any atom is 0.0438 e. The molecule has 0 saturated heterocycles. The highest BCUT2D eigenvalue weighted by Gasteiger charge is 2.15. The summed E-state index contributed by atoms with van der Waals surface area (Å²) in [5, 5.41) is 5.79. The highest BCUT2D eigenvalue weighted by molar-refractivity contribution is 7.10. The lowest BCUT2D eigenvalue weighted by molar-refractivity contribution is 0.414. The largest absolute Gasteiger partial charge is 0.309 e. The third-order valence-corrected chi connectivity index (χ3v) is 3.37. The Morgan fingerprint density at radius 2 is 2.21 bits per heavy atom. The van der Waals surface area contributed by atoms with Crippen molar-refractivity contribution in [3.63, 3.8) is 0 Å². The van der Waals surface area contributed by atoms with Crippen LogP contribution in [0, 0.1) is 5.92 Å². The van der Waals surface area contributed by atoms with Crippen LogP contribution in [0.15, 0.2) is 17.5 Å². The molecule has 0 amide bonds. The summed E-state index contributed by atoms with van der Waals surface area (Å²) in [6.07, 6.45) is 2.54. The van der Waals surface area contributed by atoms with Gasteiger partial charge in [-0.1, -0.05) is 33.3 Å². The van der Waals surface area contributed by atoms with Gasteiger partial charge in [-0.3, -0.25) is 0 Å². The van der Waals surface area contributed by atoms with Gasteiger partial charge in [0.05, 0.1) is 0 Å². The minimum atomic E-state index is 0.543. The molecule has 1 nitrogen and oxygen atoms in total. The summed E-state index contributed by atoms with van der Waals surface area (Å²) in [4.78, 5) is 1.47. The molecule has 14 heavy (non-hydrogen) atoms.